The minimum Gasteiger partial charge on any atom is -0.481 e. The van der Waals surface area contributed by atoms with Gasteiger partial charge in [-0.15, -0.1) is 0 Å². The second-order valence-corrected chi connectivity index (χ2v) is 9.35. The van der Waals surface area contributed by atoms with E-state index in [2.05, 4.69) is 29.6 Å². The molecule has 2 atom stereocenters. The quantitative estimate of drug-likeness (QED) is 0.681. The van der Waals surface area contributed by atoms with E-state index in [1.54, 1.807) is 7.05 Å². The van der Waals surface area contributed by atoms with Crippen LogP contribution < -0.4 is 5.32 Å². The van der Waals surface area contributed by atoms with Gasteiger partial charge in [0, 0.05) is 13.0 Å². The zero-order valence-electron chi connectivity index (χ0n) is 19.0. The maximum absolute atomic E-state index is 13.3. The highest BCUT2D eigenvalue weighted by atomic mass is 16.5. The van der Waals surface area contributed by atoms with E-state index in [-0.39, 0.29) is 31.6 Å². The Kier molecular flexibility index (Phi) is 5.77. The number of rotatable bonds is 6. The molecule has 8 nitrogen and oxygen atoms in total. The first-order chi connectivity index (χ1) is 16.4. The molecule has 1 saturated carbocycles. The zero-order chi connectivity index (χ0) is 23.9. The van der Waals surface area contributed by atoms with Crippen LogP contribution in [-0.2, 0) is 19.1 Å². The van der Waals surface area contributed by atoms with E-state index in [1.807, 2.05) is 24.3 Å². The van der Waals surface area contributed by atoms with Gasteiger partial charge in [0.15, 0.2) is 0 Å². The summed E-state index contributed by atoms with van der Waals surface area (Å²) in [6.07, 6.45) is 1.14. The second-order valence-electron chi connectivity index (χ2n) is 9.35. The van der Waals surface area contributed by atoms with Crippen molar-refractivity contribution in [1.29, 1.82) is 0 Å². The molecule has 178 valence electrons. The molecule has 2 aromatic rings. The third-order valence-electron chi connectivity index (χ3n) is 7.49. The van der Waals surface area contributed by atoms with E-state index in [1.165, 1.54) is 4.90 Å². The molecule has 34 heavy (non-hydrogen) atoms. The molecule has 0 bridgehead atoms. The van der Waals surface area contributed by atoms with Crippen molar-refractivity contribution in [3.05, 3.63) is 59.7 Å². The summed E-state index contributed by atoms with van der Waals surface area (Å²) in [4.78, 5) is 39.1. The molecule has 8 heteroatoms. The lowest BCUT2D eigenvalue weighted by Crippen LogP contribution is -2.65. The fraction of sp³-hybridized carbons (Fsp3) is 0.423. The van der Waals surface area contributed by atoms with Gasteiger partial charge in [0.25, 0.3) is 0 Å². The lowest BCUT2D eigenvalue weighted by atomic mass is 9.75. The normalized spacial score (nSPS) is 22.3. The number of carbonyl (C=O) groups is 3. The molecule has 2 unspecified atom stereocenters. The molecule has 3 aliphatic rings. The van der Waals surface area contributed by atoms with Crippen molar-refractivity contribution in [2.75, 3.05) is 26.9 Å². The molecule has 5 rings (SSSR count). The maximum Gasteiger partial charge on any atom is 0.408 e. The van der Waals surface area contributed by atoms with Crippen LogP contribution in [0.25, 0.3) is 11.1 Å². The molecule has 2 N–H and O–H groups in total. The number of alkyl carbamates (subject to hydrolysis) is 1. The fourth-order valence-corrected chi connectivity index (χ4v) is 5.40. The number of fused-ring (bicyclic) bond motifs is 3. The second kappa shape index (κ2) is 8.76. The predicted octanol–water partition coefficient (Wildman–Crippen LogP) is 3.01. The number of carboxylic acids is 1. The van der Waals surface area contributed by atoms with Crippen LogP contribution in [0.15, 0.2) is 48.5 Å². The van der Waals surface area contributed by atoms with Gasteiger partial charge in [0.1, 0.15) is 18.1 Å². The molecular weight excluding hydrogens is 436 g/mol. The number of aliphatic carboxylic acids is 1. The molecule has 1 heterocycles. The molecule has 2 aromatic carbocycles. The number of carboxylic acid groups (broad SMARTS) is 1. The SMILES string of the molecule is CN(C(=O)C1(NC(=O)OCC2c3ccccc3-c3ccccc32)CCC1)C1COCC1C(=O)O. The van der Waals surface area contributed by atoms with E-state index in [0.29, 0.717) is 12.8 Å². The Morgan fingerprint density at radius 2 is 1.68 bits per heavy atom. The average Bonchev–Trinajstić information content (AvgIpc) is 3.43. The monoisotopic (exact) mass is 464 g/mol. The first kappa shape index (κ1) is 22.4. The first-order valence-electron chi connectivity index (χ1n) is 11.6. The predicted molar refractivity (Wildman–Crippen MR) is 123 cm³/mol. The lowest BCUT2D eigenvalue weighted by molar-refractivity contribution is -0.148. The Bertz CT molecular complexity index is 1080. The third-order valence-corrected chi connectivity index (χ3v) is 7.49. The van der Waals surface area contributed by atoms with Gasteiger partial charge in [-0.25, -0.2) is 4.79 Å². The highest BCUT2D eigenvalue weighted by molar-refractivity contribution is 5.91. The number of amides is 2. The Hall–Kier alpha value is -3.39. The van der Waals surface area contributed by atoms with E-state index < -0.39 is 29.6 Å². The summed E-state index contributed by atoms with van der Waals surface area (Å²) >= 11 is 0. The molecule has 2 aliphatic carbocycles. The molecule has 0 radical (unpaired) electrons. The zero-order valence-corrected chi connectivity index (χ0v) is 19.0. The number of nitrogens with zero attached hydrogens (tertiary/aromatic N) is 1. The summed E-state index contributed by atoms with van der Waals surface area (Å²) in [6, 6.07) is 15.6. The highest BCUT2D eigenvalue weighted by Crippen LogP contribution is 2.44. The molecule has 1 saturated heterocycles. The number of benzene rings is 2. The van der Waals surface area contributed by atoms with E-state index >= 15 is 0 Å². The molecule has 0 spiro atoms. The highest BCUT2D eigenvalue weighted by Gasteiger charge is 2.50. The Morgan fingerprint density at radius 3 is 2.24 bits per heavy atom. The van der Waals surface area contributed by atoms with Crippen LogP contribution in [0.2, 0.25) is 0 Å². The number of hydrogen-bond donors (Lipinski definition) is 2. The third kappa shape index (κ3) is 3.72. The van der Waals surface area contributed by atoms with Crippen molar-refractivity contribution in [3.63, 3.8) is 0 Å². The minimum absolute atomic E-state index is 0.0687. The van der Waals surface area contributed by atoms with Crippen LogP contribution in [0.5, 0.6) is 0 Å². The Balaban J connectivity index is 1.26. The fourth-order valence-electron chi connectivity index (χ4n) is 5.40. The van der Waals surface area contributed by atoms with Crippen LogP contribution in [-0.4, -0.2) is 66.4 Å². The Labute approximate surface area is 197 Å². The van der Waals surface area contributed by atoms with E-state index in [0.717, 1.165) is 28.7 Å². The van der Waals surface area contributed by atoms with Crippen LogP contribution in [0.3, 0.4) is 0 Å². The largest absolute Gasteiger partial charge is 0.481 e. The summed E-state index contributed by atoms with van der Waals surface area (Å²) in [5, 5.41) is 12.2. The van der Waals surface area contributed by atoms with Crippen LogP contribution in [0, 0.1) is 5.92 Å². The summed E-state index contributed by atoms with van der Waals surface area (Å²) in [5.41, 5.74) is 3.46. The molecular formula is C26H28N2O6. The van der Waals surface area contributed by atoms with Gasteiger partial charge in [-0.3, -0.25) is 9.59 Å². The minimum atomic E-state index is -1.07. The maximum atomic E-state index is 13.3. The van der Waals surface area contributed by atoms with Crippen LogP contribution in [0.1, 0.15) is 36.3 Å². The lowest BCUT2D eigenvalue weighted by Gasteiger charge is -2.44. The van der Waals surface area contributed by atoms with Crippen molar-refractivity contribution in [1.82, 2.24) is 10.2 Å². The van der Waals surface area contributed by atoms with Crippen molar-refractivity contribution in [2.24, 2.45) is 5.92 Å². The number of hydrogen-bond acceptors (Lipinski definition) is 5. The molecule has 0 aromatic heterocycles. The topological polar surface area (TPSA) is 105 Å². The van der Waals surface area contributed by atoms with E-state index in [9.17, 15) is 19.5 Å². The van der Waals surface area contributed by atoms with Crippen LogP contribution >= 0.6 is 0 Å². The van der Waals surface area contributed by atoms with Gasteiger partial charge in [-0.05, 0) is 41.5 Å². The number of ether oxygens (including phenoxy) is 2. The van der Waals surface area contributed by atoms with Gasteiger partial charge in [-0.2, -0.15) is 0 Å². The van der Waals surface area contributed by atoms with Crippen molar-refractivity contribution in [3.8, 4) is 11.1 Å². The van der Waals surface area contributed by atoms with Gasteiger partial charge in [0.2, 0.25) is 5.91 Å². The first-order valence-corrected chi connectivity index (χ1v) is 11.6. The summed E-state index contributed by atoms with van der Waals surface area (Å²) in [7, 11) is 1.58. The van der Waals surface area contributed by atoms with E-state index in [4.69, 9.17) is 9.47 Å². The van der Waals surface area contributed by atoms with Crippen LogP contribution in [0.4, 0.5) is 4.79 Å². The van der Waals surface area contributed by atoms with Gasteiger partial charge >= 0.3 is 12.1 Å². The van der Waals surface area contributed by atoms with Crippen molar-refractivity contribution < 1.29 is 29.0 Å². The van der Waals surface area contributed by atoms with Crippen molar-refractivity contribution >= 4 is 18.0 Å². The summed E-state index contributed by atoms with van der Waals surface area (Å²) < 4.78 is 11.0. The van der Waals surface area contributed by atoms with Gasteiger partial charge in [-0.1, -0.05) is 48.5 Å². The summed E-state index contributed by atoms with van der Waals surface area (Å²) in [5.74, 6) is -2.13. The number of likely N-dealkylation sites (N-methyl/N-ethyl adjacent to an activating group) is 1. The summed E-state index contributed by atoms with van der Waals surface area (Å²) in [6.45, 7) is 0.405. The molecule has 2 fully saturated rings. The Morgan fingerprint density at radius 1 is 1.06 bits per heavy atom. The molecule has 2 amide bonds. The average molecular weight is 465 g/mol. The smallest absolute Gasteiger partial charge is 0.408 e. The van der Waals surface area contributed by atoms with Crippen molar-refractivity contribution in [2.45, 2.75) is 36.8 Å². The number of nitrogens with one attached hydrogen (secondary N) is 1. The van der Waals surface area contributed by atoms with Gasteiger partial charge < -0.3 is 24.8 Å². The standard InChI is InChI=1S/C26H28N2O6/c1-28(22-15-33-13-21(22)23(29)30)24(31)26(11-6-12-26)27-25(32)34-14-20-18-9-4-2-7-16(18)17-8-3-5-10-19(17)20/h2-5,7-10,20-22H,6,11-15H2,1H3,(H,27,32)(H,29,30). The van der Waals surface area contributed by atoms with Gasteiger partial charge in [0.05, 0.1) is 19.3 Å². The molecule has 1 aliphatic heterocycles. The number of carbonyl (C=O) groups excluding carboxylic acids is 2.